The Balaban J connectivity index is 1.51. The molecule has 0 aliphatic carbocycles. The van der Waals surface area contributed by atoms with Gasteiger partial charge in [0, 0.05) is 28.8 Å². The SMILES string of the molecule is O=C1S/C(=C/c2ccc(-c3ccc([N+](=O)[O-])cc3)o2)C(=O)N1Cc1ccc(Cl)cc1. The van der Waals surface area contributed by atoms with Crippen molar-refractivity contribution in [3.8, 4) is 11.3 Å². The number of carbonyl (C=O) groups is 2. The summed E-state index contributed by atoms with van der Waals surface area (Å²) in [7, 11) is 0. The van der Waals surface area contributed by atoms with Crippen molar-refractivity contribution in [1.29, 1.82) is 0 Å². The van der Waals surface area contributed by atoms with Crippen molar-refractivity contribution in [2.24, 2.45) is 0 Å². The maximum absolute atomic E-state index is 12.7. The Morgan fingerprint density at radius 1 is 1.03 bits per heavy atom. The lowest BCUT2D eigenvalue weighted by Crippen LogP contribution is -2.27. The van der Waals surface area contributed by atoms with Crippen LogP contribution in [0.4, 0.5) is 10.5 Å². The average Bonchev–Trinajstić information content (AvgIpc) is 3.30. The van der Waals surface area contributed by atoms with Gasteiger partial charge in [-0.05, 0) is 53.7 Å². The highest BCUT2D eigenvalue weighted by Crippen LogP contribution is 2.34. The Labute approximate surface area is 180 Å². The Morgan fingerprint density at radius 2 is 1.73 bits per heavy atom. The van der Waals surface area contributed by atoms with E-state index < -0.39 is 10.8 Å². The smallest absolute Gasteiger partial charge is 0.293 e. The first-order chi connectivity index (χ1) is 14.4. The molecule has 0 bridgehead atoms. The number of non-ortho nitro benzene ring substituents is 1. The van der Waals surface area contributed by atoms with E-state index in [1.54, 1.807) is 48.5 Å². The predicted molar refractivity (Wildman–Crippen MR) is 114 cm³/mol. The van der Waals surface area contributed by atoms with Gasteiger partial charge in [0.15, 0.2) is 0 Å². The van der Waals surface area contributed by atoms with Crippen LogP contribution in [0.5, 0.6) is 0 Å². The van der Waals surface area contributed by atoms with Crippen LogP contribution in [0.3, 0.4) is 0 Å². The minimum Gasteiger partial charge on any atom is -0.457 e. The first-order valence-corrected chi connectivity index (χ1v) is 9.94. The molecule has 2 aromatic carbocycles. The number of amides is 2. The van der Waals surface area contributed by atoms with Gasteiger partial charge in [-0.15, -0.1) is 0 Å². The van der Waals surface area contributed by atoms with Gasteiger partial charge in [-0.1, -0.05) is 23.7 Å². The predicted octanol–water partition coefficient (Wildman–Crippen LogP) is 5.74. The summed E-state index contributed by atoms with van der Waals surface area (Å²) >= 11 is 6.71. The van der Waals surface area contributed by atoms with Crippen molar-refractivity contribution in [2.75, 3.05) is 0 Å². The molecule has 0 radical (unpaired) electrons. The summed E-state index contributed by atoms with van der Waals surface area (Å²) in [5.41, 5.74) is 1.44. The molecule has 0 atom stereocenters. The van der Waals surface area contributed by atoms with E-state index in [-0.39, 0.29) is 22.4 Å². The second-order valence-electron chi connectivity index (χ2n) is 6.40. The van der Waals surface area contributed by atoms with Crippen molar-refractivity contribution in [3.05, 3.63) is 92.0 Å². The normalized spacial score (nSPS) is 15.2. The fraction of sp³-hybridized carbons (Fsp3) is 0.0476. The second-order valence-corrected chi connectivity index (χ2v) is 7.83. The highest BCUT2D eigenvalue weighted by Gasteiger charge is 2.35. The summed E-state index contributed by atoms with van der Waals surface area (Å²) < 4.78 is 5.73. The van der Waals surface area contributed by atoms with Crippen molar-refractivity contribution in [3.63, 3.8) is 0 Å². The van der Waals surface area contributed by atoms with Crippen molar-refractivity contribution < 1.29 is 18.9 Å². The lowest BCUT2D eigenvalue weighted by molar-refractivity contribution is -0.384. The second kappa shape index (κ2) is 8.17. The summed E-state index contributed by atoms with van der Waals surface area (Å²) in [4.78, 5) is 36.7. The van der Waals surface area contributed by atoms with Gasteiger partial charge in [0.05, 0.1) is 16.4 Å². The molecule has 1 saturated heterocycles. The van der Waals surface area contributed by atoms with E-state index >= 15 is 0 Å². The number of benzene rings is 2. The zero-order valence-corrected chi connectivity index (χ0v) is 16.9. The molecule has 1 aliphatic heterocycles. The van der Waals surface area contributed by atoms with Crippen molar-refractivity contribution in [2.45, 2.75) is 6.54 Å². The van der Waals surface area contributed by atoms with E-state index in [0.717, 1.165) is 17.3 Å². The van der Waals surface area contributed by atoms with E-state index in [9.17, 15) is 19.7 Å². The molecular formula is C21H13ClN2O5S. The van der Waals surface area contributed by atoms with Gasteiger partial charge in [0.25, 0.3) is 16.8 Å². The number of imide groups is 1. The van der Waals surface area contributed by atoms with Crippen LogP contribution in [0.15, 0.2) is 70.0 Å². The molecule has 1 fully saturated rings. The molecule has 30 heavy (non-hydrogen) atoms. The van der Waals surface area contributed by atoms with E-state index in [2.05, 4.69) is 0 Å². The van der Waals surface area contributed by atoms with Crippen LogP contribution >= 0.6 is 23.4 Å². The highest BCUT2D eigenvalue weighted by molar-refractivity contribution is 8.18. The Kier molecular flexibility index (Phi) is 5.43. The molecule has 2 heterocycles. The number of rotatable bonds is 5. The molecule has 9 heteroatoms. The van der Waals surface area contributed by atoms with E-state index in [4.69, 9.17) is 16.0 Å². The number of thioether (sulfide) groups is 1. The number of hydrogen-bond donors (Lipinski definition) is 0. The fourth-order valence-electron chi connectivity index (χ4n) is 2.87. The van der Waals surface area contributed by atoms with Crippen LogP contribution in [0.1, 0.15) is 11.3 Å². The van der Waals surface area contributed by atoms with Gasteiger partial charge in [-0.3, -0.25) is 24.6 Å². The maximum atomic E-state index is 12.7. The monoisotopic (exact) mass is 440 g/mol. The summed E-state index contributed by atoms with van der Waals surface area (Å²) in [5, 5.41) is 11.0. The first-order valence-electron chi connectivity index (χ1n) is 8.75. The standard InChI is InChI=1S/C21H13ClN2O5S/c22-15-5-1-13(2-6-15)12-23-20(25)19(30-21(23)26)11-17-9-10-18(29-17)14-3-7-16(8-4-14)24(27)28/h1-11H,12H2/b19-11+. The van der Waals surface area contributed by atoms with Crippen LogP contribution in [0.25, 0.3) is 17.4 Å². The van der Waals surface area contributed by atoms with Gasteiger partial charge in [0.1, 0.15) is 11.5 Å². The molecule has 1 aliphatic rings. The molecule has 0 unspecified atom stereocenters. The van der Waals surface area contributed by atoms with Crippen LogP contribution in [0.2, 0.25) is 5.02 Å². The molecule has 3 aromatic rings. The van der Waals surface area contributed by atoms with E-state index in [1.165, 1.54) is 23.1 Å². The minimum atomic E-state index is -0.475. The Morgan fingerprint density at radius 3 is 2.40 bits per heavy atom. The molecule has 0 saturated carbocycles. The van der Waals surface area contributed by atoms with Gasteiger partial charge in [0.2, 0.25) is 0 Å². The van der Waals surface area contributed by atoms with E-state index in [0.29, 0.717) is 22.1 Å². The lowest BCUT2D eigenvalue weighted by Gasteiger charge is -2.12. The first kappa shape index (κ1) is 19.9. The topological polar surface area (TPSA) is 93.7 Å². The number of nitro benzene ring substituents is 1. The molecule has 0 spiro atoms. The number of halogens is 1. The summed E-state index contributed by atoms with van der Waals surface area (Å²) in [5.74, 6) is 0.505. The number of carbonyl (C=O) groups excluding carboxylic acids is 2. The minimum absolute atomic E-state index is 0.0140. The third-order valence-corrected chi connectivity index (χ3v) is 5.55. The number of hydrogen-bond acceptors (Lipinski definition) is 6. The molecule has 2 amide bonds. The van der Waals surface area contributed by atoms with Crippen molar-refractivity contribution in [1.82, 2.24) is 4.90 Å². The van der Waals surface area contributed by atoms with Crippen LogP contribution in [-0.4, -0.2) is 21.0 Å². The lowest BCUT2D eigenvalue weighted by atomic mass is 10.1. The molecule has 0 N–H and O–H groups in total. The molecule has 7 nitrogen and oxygen atoms in total. The number of nitrogens with zero attached hydrogens (tertiary/aromatic N) is 2. The molecular weight excluding hydrogens is 428 g/mol. The van der Waals surface area contributed by atoms with Crippen LogP contribution in [0, 0.1) is 10.1 Å². The Hall–Kier alpha value is -3.36. The molecule has 4 rings (SSSR count). The molecule has 150 valence electrons. The third kappa shape index (κ3) is 4.14. The van der Waals surface area contributed by atoms with Gasteiger partial charge >= 0.3 is 0 Å². The van der Waals surface area contributed by atoms with Gasteiger partial charge in [-0.25, -0.2) is 0 Å². The number of furan rings is 1. The van der Waals surface area contributed by atoms with Crippen molar-refractivity contribution >= 4 is 46.3 Å². The summed E-state index contributed by atoms with van der Waals surface area (Å²) in [6.45, 7) is 0.158. The third-order valence-electron chi connectivity index (χ3n) is 4.39. The number of nitro groups is 1. The zero-order chi connectivity index (χ0) is 21.3. The Bertz CT molecular complexity index is 1170. The maximum Gasteiger partial charge on any atom is 0.293 e. The zero-order valence-electron chi connectivity index (χ0n) is 15.3. The van der Waals surface area contributed by atoms with Crippen LogP contribution < -0.4 is 0 Å². The molecule has 1 aromatic heterocycles. The van der Waals surface area contributed by atoms with E-state index in [1.807, 2.05) is 0 Å². The van der Waals surface area contributed by atoms with Gasteiger partial charge in [-0.2, -0.15) is 0 Å². The quantitative estimate of drug-likeness (QED) is 0.285. The summed E-state index contributed by atoms with van der Waals surface area (Å²) in [6.07, 6.45) is 1.52. The summed E-state index contributed by atoms with van der Waals surface area (Å²) in [6, 6.07) is 16.2. The average molecular weight is 441 g/mol. The highest BCUT2D eigenvalue weighted by atomic mass is 35.5. The fourth-order valence-corrected chi connectivity index (χ4v) is 3.82. The largest absolute Gasteiger partial charge is 0.457 e. The van der Waals surface area contributed by atoms with Crippen LogP contribution in [-0.2, 0) is 11.3 Å². The van der Waals surface area contributed by atoms with Gasteiger partial charge < -0.3 is 4.42 Å².